The SMILES string of the molecule is COc1ccc(-c2noc(CN3CCN(C(=O)c4c(O)c(Cl)cc(Cl)c4Cl)CC3)n2)cc1. The Hall–Kier alpha value is -2.52. The summed E-state index contributed by atoms with van der Waals surface area (Å²) in [5, 5.41) is 14.3. The maximum atomic E-state index is 12.9. The molecule has 0 aliphatic carbocycles. The summed E-state index contributed by atoms with van der Waals surface area (Å²) in [6.45, 7) is 2.48. The van der Waals surface area contributed by atoms with Crippen LogP contribution in [0, 0.1) is 0 Å². The molecule has 2 heterocycles. The Morgan fingerprint density at radius 2 is 1.81 bits per heavy atom. The van der Waals surface area contributed by atoms with Crippen LogP contribution in [0.1, 0.15) is 16.2 Å². The van der Waals surface area contributed by atoms with Gasteiger partial charge in [0.25, 0.3) is 5.91 Å². The lowest BCUT2D eigenvalue weighted by atomic mass is 10.1. The Morgan fingerprint density at radius 3 is 2.47 bits per heavy atom. The minimum absolute atomic E-state index is 0.0158. The zero-order valence-corrected chi connectivity index (χ0v) is 19.3. The van der Waals surface area contributed by atoms with Crippen LogP contribution >= 0.6 is 34.8 Å². The van der Waals surface area contributed by atoms with E-state index in [9.17, 15) is 9.90 Å². The molecule has 1 aliphatic heterocycles. The van der Waals surface area contributed by atoms with Crippen molar-refractivity contribution in [2.75, 3.05) is 33.3 Å². The third-order valence-corrected chi connectivity index (χ3v) is 6.27. The average Bonchev–Trinajstić information content (AvgIpc) is 3.27. The summed E-state index contributed by atoms with van der Waals surface area (Å²) in [5.74, 6) is 0.943. The molecule has 0 unspecified atom stereocenters. The topological polar surface area (TPSA) is 91.9 Å². The molecule has 1 fully saturated rings. The van der Waals surface area contributed by atoms with Crippen molar-refractivity contribution in [1.82, 2.24) is 19.9 Å². The van der Waals surface area contributed by atoms with Crippen molar-refractivity contribution in [1.29, 1.82) is 0 Å². The number of phenols is 1. The smallest absolute Gasteiger partial charge is 0.259 e. The predicted octanol–water partition coefficient (Wildman–Crippen LogP) is 4.37. The molecule has 0 bridgehead atoms. The number of halogens is 3. The highest BCUT2D eigenvalue weighted by Gasteiger charge is 2.28. The minimum atomic E-state index is -0.420. The van der Waals surface area contributed by atoms with Crippen LogP contribution in [-0.2, 0) is 6.54 Å². The molecule has 0 atom stereocenters. The Labute approximate surface area is 199 Å². The maximum absolute atomic E-state index is 12.9. The van der Waals surface area contributed by atoms with E-state index in [0.717, 1.165) is 11.3 Å². The number of nitrogens with zero attached hydrogens (tertiary/aromatic N) is 4. The van der Waals surface area contributed by atoms with Gasteiger partial charge in [0.15, 0.2) is 0 Å². The van der Waals surface area contributed by atoms with Gasteiger partial charge in [-0.1, -0.05) is 40.0 Å². The van der Waals surface area contributed by atoms with Gasteiger partial charge in [0.1, 0.15) is 17.1 Å². The first kappa shape index (κ1) is 22.7. The van der Waals surface area contributed by atoms with Crippen LogP contribution in [0.2, 0.25) is 15.1 Å². The van der Waals surface area contributed by atoms with Crippen LogP contribution < -0.4 is 4.74 Å². The number of hydrogen-bond donors (Lipinski definition) is 1. The normalized spacial score (nSPS) is 14.6. The lowest BCUT2D eigenvalue weighted by molar-refractivity contribution is 0.0612. The summed E-state index contributed by atoms with van der Waals surface area (Å²) in [6, 6.07) is 8.69. The lowest BCUT2D eigenvalue weighted by Crippen LogP contribution is -2.48. The van der Waals surface area contributed by atoms with Crippen LogP contribution in [0.4, 0.5) is 0 Å². The first-order chi connectivity index (χ1) is 15.4. The zero-order chi connectivity index (χ0) is 22.8. The molecule has 1 saturated heterocycles. The highest BCUT2D eigenvalue weighted by Crippen LogP contribution is 2.39. The van der Waals surface area contributed by atoms with Gasteiger partial charge in [-0.25, -0.2) is 0 Å². The van der Waals surface area contributed by atoms with E-state index >= 15 is 0 Å². The number of ether oxygens (including phenoxy) is 1. The van der Waals surface area contributed by atoms with E-state index in [1.165, 1.54) is 6.07 Å². The number of amides is 1. The molecule has 2 aromatic carbocycles. The largest absolute Gasteiger partial charge is 0.505 e. The molecule has 1 aromatic heterocycles. The molecule has 0 saturated carbocycles. The van der Waals surface area contributed by atoms with E-state index in [1.54, 1.807) is 12.0 Å². The lowest BCUT2D eigenvalue weighted by Gasteiger charge is -2.34. The zero-order valence-electron chi connectivity index (χ0n) is 17.0. The molecule has 0 spiro atoms. The first-order valence-electron chi connectivity index (χ1n) is 9.72. The number of piperazine rings is 1. The van der Waals surface area contributed by atoms with E-state index in [4.69, 9.17) is 44.1 Å². The highest BCUT2D eigenvalue weighted by molar-refractivity contribution is 6.45. The van der Waals surface area contributed by atoms with Crippen LogP contribution in [0.3, 0.4) is 0 Å². The molecule has 1 N–H and O–H groups in total. The molecule has 1 aliphatic rings. The third-order valence-electron chi connectivity index (χ3n) is 5.19. The van der Waals surface area contributed by atoms with Gasteiger partial charge in [-0.15, -0.1) is 0 Å². The minimum Gasteiger partial charge on any atom is -0.505 e. The van der Waals surface area contributed by atoms with Crippen molar-refractivity contribution in [3.8, 4) is 22.9 Å². The molecule has 32 heavy (non-hydrogen) atoms. The van der Waals surface area contributed by atoms with Crippen molar-refractivity contribution in [2.45, 2.75) is 6.54 Å². The fourth-order valence-corrected chi connectivity index (χ4v) is 4.10. The molecule has 3 aromatic rings. The van der Waals surface area contributed by atoms with Crippen molar-refractivity contribution in [3.05, 3.63) is 56.9 Å². The monoisotopic (exact) mass is 496 g/mol. The van der Waals surface area contributed by atoms with Gasteiger partial charge in [-0.2, -0.15) is 4.98 Å². The van der Waals surface area contributed by atoms with Crippen LogP contribution in [0.5, 0.6) is 11.5 Å². The van der Waals surface area contributed by atoms with Crippen LogP contribution in [-0.4, -0.2) is 64.2 Å². The van der Waals surface area contributed by atoms with E-state index in [2.05, 4.69) is 15.0 Å². The fourth-order valence-electron chi connectivity index (χ4n) is 3.42. The Bertz CT molecular complexity index is 1100. The number of benzene rings is 2. The van der Waals surface area contributed by atoms with Crippen molar-refractivity contribution in [2.24, 2.45) is 0 Å². The van der Waals surface area contributed by atoms with Gasteiger partial charge in [0.05, 0.1) is 28.7 Å². The number of carbonyl (C=O) groups excluding carboxylic acids is 1. The summed E-state index contributed by atoms with van der Waals surface area (Å²) < 4.78 is 10.5. The predicted molar refractivity (Wildman–Crippen MR) is 121 cm³/mol. The van der Waals surface area contributed by atoms with Gasteiger partial charge >= 0.3 is 0 Å². The van der Waals surface area contributed by atoms with Crippen molar-refractivity contribution >= 4 is 40.7 Å². The summed E-state index contributed by atoms with van der Waals surface area (Å²) in [5.41, 5.74) is 0.742. The first-order valence-corrected chi connectivity index (χ1v) is 10.9. The molecular formula is C21H19Cl3N4O4. The Morgan fingerprint density at radius 1 is 1.12 bits per heavy atom. The highest BCUT2D eigenvalue weighted by atomic mass is 35.5. The Balaban J connectivity index is 1.38. The quantitative estimate of drug-likeness (QED) is 0.523. The van der Waals surface area contributed by atoms with Crippen LogP contribution in [0.15, 0.2) is 34.9 Å². The van der Waals surface area contributed by atoms with Gasteiger partial charge in [0.2, 0.25) is 11.7 Å². The number of aromatic hydroxyl groups is 1. The summed E-state index contributed by atoms with van der Waals surface area (Å²) in [6.07, 6.45) is 0. The molecule has 11 heteroatoms. The second-order valence-corrected chi connectivity index (χ2v) is 8.38. The van der Waals surface area contributed by atoms with Gasteiger partial charge in [-0.05, 0) is 30.3 Å². The summed E-state index contributed by atoms with van der Waals surface area (Å²) in [4.78, 5) is 21.1. The average molecular weight is 498 g/mol. The fraction of sp³-hybridized carbons (Fsp3) is 0.286. The third kappa shape index (κ3) is 4.63. The van der Waals surface area contributed by atoms with Gasteiger partial charge in [-0.3, -0.25) is 9.69 Å². The molecule has 1 amide bonds. The van der Waals surface area contributed by atoms with Crippen molar-refractivity contribution in [3.63, 3.8) is 0 Å². The van der Waals surface area contributed by atoms with Crippen molar-refractivity contribution < 1.29 is 19.2 Å². The number of carbonyl (C=O) groups is 1. The molecule has 4 rings (SSSR count). The van der Waals surface area contributed by atoms with Gasteiger partial charge < -0.3 is 19.3 Å². The van der Waals surface area contributed by atoms with E-state index in [0.29, 0.717) is 44.4 Å². The number of phenolic OH excluding ortho intramolecular Hbond substituents is 1. The second kappa shape index (κ2) is 9.54. The number of methoxy groups -OCH3 is 1. The molecular weight excluding hydrogens is 479 g/mol. The van der Waals surface area contributed by atoms with E-state index in [-0.39, 0.29) is 26.4 Å². The summed E-state index contributed by atoms with van der Waals surface area (Å²) >= 11 is 18.1. The van der Waals surface area contributed by atoms with E-state index < -0.39 is 5.91 Å². The number of hydrogen-bond acceptors (Lipinski definition) is 7. The number of rotatable bonds is 5. The standard InChI is InChI=1S/C21H19Cl3N4O4/c1-31-13-4-2-12(3-5-13)20-25-16(32-26-20)11-27-6-8-28(9-7-27)21(30)17-18(24)14(22)10-15(23)19(17)29/h2-5,10,29H,6-9,11H2,1H3. The second-order valence-electron chi connectivity index (χ2n) is 7.19. The maximum Gasteiger partial charge on any atom is 0.259 e. The Kier molecular flexibility index (Phi) is 6.76. The molecule has 0 radical (unpaired) electrons. The number of aromatic nitrogens is 2. The van der Waals surface area contributed by atoms with E-state index in [1.807, 2.05) is 24.3 Å². The summed E-state index contributed by atoms with van der Waals surface area (Å²) in [7, 11) is 1.61. The molecule has 168 valence electrons. The van der Waals surface area contributed by atoms with Crippen LogP contribution in [0.25, 0.3) is 11.4 Å². The molecule has 8 nitrogen and oxygen atoms in total. The van der Waals surface area contributed by atoms with Gasteiger partial charge in [0, 0.05) is 31.7 Å².